The lowest BCUT2D eigenvalue weighted by molar-refractivity contribution is -0.580. The van der Waals surface area contributed by atoms with Gasteiger partial charge < -0.3 is 9.94 Å². The molecule has 0 aliphatic carbocycles. The third-order valence-corrected chi connectivity index (χ3v) is 1.86. The number of benzene rings is 1. The number of hydrogen-bond donors (Lipinski definition) is 0. The normalized spacial score (nSPS) is 10.2. The number of nitrogens with zero attached hydrogens (tertiary/aromatic N) is 2. The summed E-state index contributed by atoms with van der Waals surface area (Å²) in [4.78, 5) is 3.78. The standard InChI is InChI=1S/C9H8N2O2/c1-13-8-2-3-9-7(4-8)5-10-6-11(9)12/h2-6H,1H3. The molecule has 13 heavy (non-hydrogen) atoms. The van der Waals surface area contributed by atoms with E-state index in [4.69, 9.17) is 4.74 Å². The highest BCUT2D eigenvalue weighted by Crippen LogP contribution is 2.16. The number of ether oxygens (including phenoxy) is 1. The Hall–Kier alpha value is -1.84. The largest absolute Gasteiger partial charge is 0.710 e. The van der Waals surface area contributed by atoms with E-state index in [2.05, 4.69) is 4.98 Å². The molecule has 0 spiro atoms. The molecule has 0 atom stereocenters. The monoisotopic (exact) mass is 176 g/mol. The first-order valence-corrected chi connectivity index (χ1v) is 3.82. The molecule has 0 N–H and O–H groups in total. The van der Waals surface area contributed by atoms with Gasteiger partial charge in [-0.05, 0) is 18.2 Å². The van der Waals surface area contributed by atoms with E-state index in [1.54, 1.807) is 31.5 Å². The summed E-state index contributed by atoms with van der Waals surface area (Å²) in [7, 11) is 1.59. The van der Waals surface area contributed by atoms with Crippen molar-refractivity contribution in [2.45, 2.75) is 0 Å². The molecule has 2 rings (SSSR count). The lowest BCUT2D eigenvalue weighted by Crippen LogP contribution is -2.26. The van der Waals surface area contributed by atoms with Crippen molar-refractivity contribution in [2.75, 3.05) is 7.11 Å². The minimum atomic E-state index is 0.593. The summed E-state index contributed by atoms with van der Waals surface area (Å²) in [5, 5.41) is 12.0. The summed E-state index contributed by atoms with van der Waals surface area (Å²) in [5.41, 5.74) is 0.593. The van der Waals surface area contributed by atoms with Crippen LogP contribution in [-0.4, -0.2) is 12.1 Å². The fraction of sp³-hybridized carbons (Fsp3) is 0.111. The van der Waals surface area contributed by atoms with Gasteiger partial charge in [0.15, 0.2) is 6.20 Å². The van der Waals surface area contributed by atoms with E-state index in [1.165, 1.54) is 6.33 Å². The van der Waals surface area contributed by atoms with Gasteiger partial charge in [-0.15, -0.1) is 0 Å². The van der Waals surface area contributed by atoms with Gasteiger partial charge in [0.2, 0.25) is 0 Å². The van der Waals surface area contributed by atoms with Crippen LogP contribution in [0.25, 0.3) is 10.9 Å². The molecule has 2 aromatic rings. The highest BCUT2D eigenvalue weighted by molar-refractivity contribution is 5.76. The zero-order valence-electron chi connectivity index (χ0n) is 7.10. The van der Waals surface area contributed by atoms with Crippen molar-refractivity contribution in [1.82, 2.24) is 4.98 Å². The number of rotatable bonds is 1. The van der Waals surface area contributed by atoms with Gasteiger partial charge in [-0.2, -0.15) is 0 Å². The van der Waals surface area contributed by atoms with Crippen LogP contribution < -0.4 is 9.47 Å². The van der Waals surface area contributed by atoms with Crippen molar-refractivity contribution in [3.63, 3.8) is 0 Å². The van der Waals surface area contributed by atoms with Crippen LogP contribution in [0.3, 0.4) is 0 Å². The van der Waals surface area contributed by atoms with Crippen molar-refractivity contribution in [3.05, 3.63) is 35.9 Å². The molecule has 0 aliphatic heterocycles. The molecule has 0 amide bonds. The second-order valence-corrected chi connectivity index (χ2v) is 2.64. The number of aromatic nitrogens is 2. The predicted octanol–water partition coefficient (Wildman–Crippen LogP) is 0.877. The molecular weight excluding hydrogens is 168 g/mol. The third-order valence-electron chi connectivity index (χ3n) is 1.86. The summed E-state index contributed by atoms with van der Waals surface area (Å²) >= 11 is 0. The average molecular weight is 176 g/mol. The van der Waals surface area contributed by atoms with E-state index in [0.717, 1.165) is 15.9 Å². The van der Waals surface area contributed by atoms with Crippen molar-refractivity contribution in [3.8, 4) is 5.75 Å². The van der Waals surface area contributed by atoms with E-state index in [1.807, 2.05) is 0 Å². The molecule has 4 heteroatoms. The van der Waals surface area contributed by atoms with E-state index in [9.17, 15) is 5.21 Å². The molecule has 0 fully saturated rings. The maximum atomic E-state index is 11.2. The van der Waals surface area contributed by atoms with E-state index < -0.39 is 0 Å². The fourth-order valence-corrected chi connectivity index (χ4v) is 1.20. The van der Waals surface area contributed by atoms with Crippen molar-refractivity contribution in [2.24, 2.45) is 0 Å². The third kappa shape index (κ3) is 1.26. The molecule has 0 saturated heterocycles. The van der Waals surface area contributed by atoms with Crippen molar-refractivity contribution < 1.29 is 9.47 Å². The van der Waals surface area contributed by atoms with E-state index in [0.29, 0.717) is 5.52 Å². The first kappa shape index (κ1) is 7.79. The van der Waals surface area contributed by atoms with Crippen LogP contribution in [0.4, 0.5) is 0 Å². The lowest BCUT2D eigenvalue weighted by Gasteiger charge is -2.04. The molecule has 0 aliphatic rings. The number of methoxy groups -OCH3 is 1. The van der Waals surface area contributed by atoms with Crippen LogP contribution in [0.15, 0.2) is 30.7 Å². The number of hydrogen-bond acceptors (Lipinski definition) is 3. The Morgan fingerprint density at radius 1 is 1.46 bits per heavy atom. The van der Waals surface area contributed by atoms with E-state index >= 15 is 0 Å². The molecule has 4 nitrogen and oxygen atoms in total. The van der Waals surface area contributed by atoms with Gasteiger partial charge >= 0.3 is 0 Å². The fourth-order valence-electron chi connectivity index (χ4n) is 1.20. The second-order valence-electron chi connectivity index (χ2n) is 2.64. The van der Waals surface area contributed by atoms with Gasteiger partial charge in [0.05, 0.1) is 12.5 Å². The molecule has 66 valence electrons. The summed E-state index contributed by atoms with van der Waals surface area (Å²) in [6, 6.07) is 5.23. The quantitative estimate of drug-likeness (QED) is 0.478. The Bertz CT molecular complexity index is 443. The van der Waals surface area contributed by atoms with Gasteiger partial charge in [0, 0.05) is 0 Å². The first-order valence-electron chi connectivity index (χ1n) is 3.82. The molecular formula is C9H8N2O2. The summed E-state index contributed by atoms with van der Waals surface area (Å²) in [6.07, 6.45) is 2.86. The van der Waals surface area contributed by atoms with Gasteiger partial charge in [0.25, 0.3) is 6.33 Å². The maximum Gasteiger partial charge on any atom is 0.289 e. The highest BCUT2D eigenvalue weighted by atomic mass is 16.5. The van der Waals surface area contributed by atoms with Crippen molar-refractivity contribution >= 4 is 10.9 Å². The number of fused-ring (bicyclic) bond motifs is 1. The second kappa shape index (κ2) is 2.90. The van der Waals surface area contributed by atoms with Crippen LogP contribution in [-0.2, 0) is 0 Å². The SMILES string of the molecule is COc1ccc2c(cnc[n+]2[O-])c1. The Labute approximate surface area is 75.0 Å². The summed E-state index contributed by atoms with van der Waals surface area (Å²) in [6.45, 7) is 0. The zero-order chi connectivity index (χ0) is 9.26. The highest BCUT2D eigenvalue weighted by Gasteiger charge is 2.01. The maximum absolute atomic E-state index is 11.2. The lowest BCUT2D eigenvalue weighted by atomic mass is 10.2. The summed E-state index contributed by atoms with van der Waals surface area (Å²) < 4.78 is 5.75. The van der Waals surface area contributed by atoms with Crippen LogP contribution in [0.2, 0.25) is 0 Å². The zero-order valence-corrected chi connectivity index (χ0v) is 7.10. The van der Waals surface area contributed by atoms with E-state index in [-0.39, 0.29) is 0 Å². The minimum absolute atomic E-state index is 0.593. The van der Waals surface area contributed by atoms with Crippen LogP contribution in [0.5, 0.6) is 5.75 Å². The Morgan fingerprint density at radius 2 is 2.31 bits per heavy atom. The topological polar surface area (TPSA) is 49.1 Å². The Kier molecular flexibility index (Phi) is 1.73. The molecule has 1 aromatic carbocycles. The molecule has 0 radical (unpaired) electrons. The Morgan fingerprint density at radius 3 is 3.08 bits per heavy atom. The predicted molar refractivity (Wildman–Crippen MR) is 47.3 cm³/mol. The van der Waals surface area contributed by atoms with Gasteiger partial charge in [0.1, 0.15) is 11.3 Å². The molecule has 0 saturated carbocycles. The van der Waals surface area contributed by atoms with Crippen LogP contribution in [0, 0.1) is 5.21 Å². The average Bonchev–Trinajstić information content (AvgIpc) is 2.18. The summed E-state index contributed by atoms with van der Waals surface area (Å²) in [5.74, 6) is 0.723. The molecule has 0 bridgehead atoms. The van der Waals surface area contributed by atoms with Gasteiger partial charge in [-0.25, -0.2) is 4.73 Å². The molecule has 0 unspecified atom stereocenters. The van der Waals surface area contributed by atoms with Crippen LogP contribution >= 0.6 is 0 Å². The minimum Gasteiger partial charge on any atom is -0.710 e. The smallest absolute Gasteiger partial charge is 0.289 e. The molecule has 1 aromatic heterocycles. The van der Waals surface area contributed by atoms with Crippen LogP contribution in [0.1, 0.15) is 0 Å². The van der Waals surface area contributed by atoms with Gasteiger partial charge in [-0.3, -0.25) is 0 Å². The van der Waals surface area contributed by atoms with Crippen molar-refractivity contribution in [1.29, 1.82) is 0 Å². The first-order chi connectivity index (χ1) is 6.31. The molecule has 1 heterocycles. The Balaban J connectivity index is 2.72. The van der Waals surface area contributed by atoms with Gasteiger partial charge in [-0.1, -0.05) is 4.98 Å².